The third-order valence-corrected chi connectivity index (χ3v) is 9.56. The minimum atomic E-state index is 0.829. The number of aromatic nitrogens is 5. The van der Waals surface area contributed by atoms with E-state index in [1.54, 1.807) is 12.2 Å². The van der Waals surface area contributed by atoms with Crippen LogP contribution in [-0.2, 0) is 12.8 Å². The summed E-state index contributed by atoms with van der Waals surface area (Å²) in [5.74, 6) is 0. The summed E-state index contributed by atoms with van der Waals surface area (Å²) >= 11 is 0. The molecule has 0 saturated carbocycles. The first-order chi connectivity index (χ1) is 26.0. The average molecular weight is 692 g/mol. The van der Waals surface area contributed by atoms with Crippen LogP contribution in [0.3, 0.4) is 0 Å². The molecule has 0 fully saturated rings. The first kappa shape index (κ1) is 35.0. The second kappa shape index (κ2) is 15.8. The van der Waals surface area contributed by atoms with Crippen LogP contribution in [-0.4, -0.2) is 24.1 Å². The summed E-state index contributed by atoms with van der Waals surface area (Å²) < 4.78 is 6.60. The van der Waals surface area contributed by atoms with E-state index >= 15 is 0 Å². The molecule has 0 radical (unpaired) electrons. The largest absolute Gasteiger partial charge is 0.318 e. The first-order valence-corrected chi connectivity index (χ1v) is 18.3. The van der Waals surface area contributed by atoms with Crippen molar-refractivity contribution in [3.05, 3.63) is 194 Å². The molecule has 0 aliphatic heterocycles. The van der Waals surface area contributed by atoms with E-state index in [4.69, 9.17) is 10.2 Å². The smallest absolute Gasteiger partial charge is 0.0934 e. The Bertz CT molecular complexity index is 2400. The van der Waals surface area contributed by atoms with Crippen molar-refractivity contribution in [2.24, 2.45) is 0 Å². The molecule has 7 aromatic rings. The van der Waals surface area contributed by atoms with Crippen molar-refractivity contribution >= 4 is 5.57 Å². The highest BCUT2D eigenvalue weighted by Gasteiger charge is 2.22. The van der Waals surface area contributed by atoms with Crippen molar-refractivity contribution in [1.29, 1.82) is 0 Å². The minimum Gasteiger partial charge on any atom is -0.318 e. The van der Waals surface area contributed by atoms with Crippen LogP contribution < -0.4 is 0 Å². The number of hydrogen-bond acceptors (Lipinski definition) is 2. The molecule has 1 aliphatic rings. The summed E-state index contributed by atoms with van der Waals surface area (Å²) in [6.45, 7) is 15.5. The molecule has 0 atom stereocenters. The van der Waals surface area contributed by atoms with Crippen LogP contribution in [0.25, 0.3) is 56.4 Å². The molecule has 5 nitrogen and oxygen atoms in total. The van der Waals surface area contributed by atoms with Crippen molar-refractivity contribution in [1.82, 2.24) is 24.1 Å². The quantitative estimate of drug-likeness (QED) is 0.112. The summed E-state index contributed by atoms with van der Waals surface area (Å²) in [7, 11) is 0. The molecule has 3 heterocycles. The molecule has 0 spiro atoms. The van der Waals surface area contributed by atoms with Crippen LogP contribution >= 0.6 is 0 Å². The zero-order valence-electron chi connectivity index (χ0n) is 30.6. The van der Waals surface area contributed by atoms with Gasteiger partial charge in [-0.05, 0) is 81.5 Å². The molecule has 0 amide bonds. The van der Waals surface area contributed by atoms with E-state index in [2.05, 4.69) is 156 Å². The van der Waals surface area contributed by atoms with E-state index in [1.807, 2.05) is 31.2 Å². The van der Waals surface area contributed by atoms with Crippen LogP contribution in [0.2, 0.25) is 0 Å². The predicted octanol–water partition coefficient (Wildman–Crippen LogP) is 12.0. The molecule has 1 aliphatic carbocycles. The van der Waals surface area contributed by atoms with E-state index in [1.165, 1.54) is 29.8 Å². The fraction of sp³-hybridized carbons (Fsp3) is 0.125. The van der Waals surface area contributed by atoms with Crippen LogP contribution in [0.4, 0.5) is 0 Å². The lowest BCUT2D eigenvalue weighted by Crippen LogP contribution is -2.10. The maximum absolute atomic E-state index is 5.29. The van der Waals surface area contributed by atoms with E-state index < -0.39 is 0 Å². The van der Waals surface area contributed by atoms with Crippen molar-refractivity contribution in [3.8, 4) is 50.8 Å². The Morgan fingerprint density at radius 2 is 1.15 bits per heavy atom. The van der Waals surface area contributed by atoms with E-state index in [0.717, 1.165) is 74.9 Å². The van der Waals surface area contributed by atoms with Gasteiger partial charge in [-0.2, -0.15) is 10.2 Å². The fourth-order valence-electron chi connectivity index (χ4n) is 7.23. The van der Waals surface area contributed by atoms with Gasteiger partial charge in [-0.15, -0.1) is 6.58 Å². The van der Waals surface area contributed by atoms with Gasteiger partial charge in [0, 0.05) is 39.3 Å². The number of fused-ring (bicyclic) bond motifs is 1. The molecule has 5 heteroatoms. The van der Waals surface area contributed by atoms with Gasteiger partial charge in [-0.3, -0.25) is 0 Å². The zero-order chi connectivity index (χ0) is 36.7. The number of rotatable bonds is 9. The van der Waals surface area contributed by atoms with Gasteiger partial charge in [0.15, 0.2) is 0 Å². The normalized spacial score (nSPS) is 12.4. The molecule has 3 aromatic heterocycles. The second-order valence-corrected chi connectivity index (χ2v) is 13.2. The maximum Gasteiger partial charge on any atom is 0.0934 e. The molecule has 0 N–H and O–H groups in total. The van der Waals surface area contributed by atoms with Crippen molar-refractivity contribution < 1.29 is 0 Å². The van der Waals surface area contributed by atoms with E-state index in [-0.39, 0.29) is 0 Å². The Balaban J connectivity index is 0.00000140. The monoisotopic (exact) mass is 691 g/mol. The Kier molecular flexibility index (Phi) is 10.4. The van der Waals surface area contributed by atoms with Gasteiger partial charge in [-0.25, -0.2) is 9.36 Å². The third kappa shape index (κ3) is 7.19. The van der Waals surface area contributed by atoms with Crippen LogP contribution in [0.1, 0.15) is 42.4 Å². The summed E-state index contributed by atoms with van der Waals surface area (Å²) in [6.07, 6.45) is 11.9. The highest BCUT2D eigenvalue weighted by molar-refractivity contribution is 5.77. The Morgan fingerprint density at radius 1 is 0.623 bits per heavy atom. The summed E-state index contributed by atoms with van der Waals surface area (Å²) in [5.41, 5.74) is 15.0. The second-order valence-electron chi connectivity index (χ2n) is 13.2. The van der Waals surface area contributed by atoms with Gasteiger partial charge in [0.2, 0.25) is 0 Å². The van der Waals surface area contributed by atoms with Crippen LogP contribution in [0, 0.1) is 6.92 Å². The molecule has 0 saturated heterocycles. The van der Waals surface area contributed by atoms with Gasteiger partial charge >= 0.3 is 0 Å². The van der Waals surface area contributed by atoms with Crippen LogP contribution in [0.5, 0.6) is 0 Å². The maximum atomic E-state index is 5.29. The molecule has 262 valence electrons. The molecular formula is C48H45N5. The topological polar surface area (TPSA) is 40.6 Å². The number of allylic oxidation sites excluding steroid dienone is 5. The highest BCUT2D eigenvalue weighted by Crippen LogP contribution is 2.35. The highest BCUT2D eigenvalue weighted by atomic mass is 15.3. The lowest BCUT2D eigenvalue weighted by atomic mass is 9.98. The molecule has 8 rings (SSSR count). The number of nitrogens with zero attached hydrogens (tertiary/aromatic N) is 5. The SMILES string of the molecule is C=C/C=C(\C=C)c1cc(-c2ccccc2)n(-c2cc(-n3nc(-c4ccccc4)cc3-c3ccccc3)cc(-n3c(C)cc4c3CCCC4)c2)n1.C=CC. The molecule has 53 heavy (non-hydrogen) atoms. The van der Waals surface area contributed by atoms with Gasteiger partial charge < -0.3 is 4.57 Å². The molecule has 0 unspecified atom stereocenters. The molecule has 4 aromatic carbocycles. The summed E-state index contributed by atoms with van der Waals surface area (Å²) in [6, 6.07) is 44.8. The summed E-state index contributed by atoms with van der Waals surface area (Å²) in [4.78, 5) is 0. The minimum absolute atomic E-state index is 0.829. The van der Waals surface area contributed by atoms with E-state index in [0.29, 0.717) is 0 Å². The average Bonchev–Trinajstić information content (AvgIpc) is 3.94. The summed E-state index contributed by atoms with van der Waals surface area (Å²) in [5, 5.41) is 10.5. The molecular weight excluding hydrogens is 647 g/mol. The number of benzene rings is 4. The lowest BCUT2D eigenvalue weighted by Gasteiger charge is -2.19. The number of aryl methyl sites for hydroxylation is 2. The van der Waals surface area contributed by atoms with Gasteiger partial charge in [0.05, 0.1) is 34.2 Å². The number of hydrogen-bond donors (Lipinski definition) is 0. The Hall–Kier alpha value is -6.46. The first-order valence-electron chi connectivity index (χ1n) is 18.3. The third-order valence-electron chi connectivity index (χ3n) is 9.56. The predicted molar refractivity (Wildman–Crippen MR) is 222 cm³/mol. The van der Waals surface area contributed by atoms with Crippen molar-refractivity contribution in [3.63, 3.8) is 0 Å². The standard InChI is InChI=1S/C45H39N5.C3H6/c1-4-17-33(5-2)41-30-44(35-20-11-7-12-21-35)49(46-41)39-27-38(48-32(3)26-37-24-15-16-25-43(37)48)28-40(29-39)50-45(36-22-13-8-14-23-36)31-42(47-50)34-18-9-6-10-19-34;1-3-2/h4-14,17-23,26-31H,1-2,15-16,24-25H2,3H3;3H,1H2,2H3/b33-17+;. The van der Waals surface area contributed by atoms with Gasteiger partial charge in [0.25, 0.3) is 0 Å². The Labute approximate surface area is 313 Å². The van der Waals surface area contributed by atoms with Crippen molar-refractivity contribution in [2.75, 3.05) is 0 Å². The van der Waals surface area contributed by atoms with Crippen LogP contribution in [0.15, 0.2) is 171 Å². The van der Waals surface area contributed by atoms with E-state index in [9.17, 15) is 0 Å². The van der Waals surface area contributed by atoms with Gasteiger partial charge in [0.1, 0.15) is 0 Å². The Morgan fingerprint density at radius 3 is 1.74 bits per heavy atom. The zero-order valence-corrected chi connectivity index (χ0v) is 30.6. The van der Waals surface area contributed by atoms with Gasteiger partial charge in [-0.1, -0.05) is 128 Å². The lowest BCUT2D eigenvalue weighted by molar-refractivity contribution is 0.661. The van der Waals surface area contributed by atoms with Crippen molar-refractivity contribution in [2.45, 2.75) is 39.5 Å². The fourth-order valence-corrected chi connectivity index (χ4v) is 7.23. The molecule has 0 bridgehead atoms.